The minimum Gasteiger partial charge on any atom is -0.454 e. The molecule has 0 aromatic carbocycles. The van der Waals surface area contributed by atoms with Crippen molar-refractivity contribution >= 4 is 11.8 Å². The molecule has 0 aromatic heterocycles. The van der Waals surface area contributed by atoms with Crippen LogP contribution in [0.5, 0.6) is 0 Å². The number of allylic oxidation sites excluding steroid dienone is 3. The van der Waals surface area contributed by atoms with Crippen LogP contribution in [-0.2, 0) is 14.3 Å². The van der Waals surface area contributed by atoms with Gasteiger partial charge < -0.3 is 4.74 Å². The summed E-state index contributed by atoms with van der Waals surface area (Å²) in [5.74, 6) is -0.0942. The van der Waals surface area contributed by atoms with Crippen LogP contribution in [0.4, 0.5) is 0 Å². The van der Waals surface area contributed by atoms with Crippen LogP contribution in [-0.4, -0.2) is 17.9 Å². The molecule has 18 heavy (non-hydrogen) atoms. The van der Waals surface area contributed by atoms with E-state index in [-0.39, 0.29) is 29.2 Å². The molecule has 0 aromatic rings. The molecular formula is C15H16O3. The molecule has 3 heteroatoms. The molecule has 2 aliphatic carbocycles. The highest BCUT2D eigenvalue weighted by atomic mass is 16.5. The molecule has 94 valence electrons. The highest BCUT2D eigenvalue weighted by Gasteiger charge is 2.49. The highest BCUT2D eigenvalue weighted by molar-refractivity contribution is 6.05. The van der Waals surface area contributed by atoms with E-state index in [1.54, 1.807) is 6.08 Å². The van der Waals surface area contributed by atoms with Gasteiger partial charge >= 0.3 is 5.97 Å². The molecule has 3 atom stereocenters. The molecule has 0 radical (unpaired) electrons. The van der Waals surface area contributed by atoms with Crippen molar-refractivity contribution in [3.63, 3.8) is 0 Å². The lowest BCUT2D eigenvalue weighted by Crippen LogP contribution is -2.41. The fourth-order valence-corrected chi connectivity index (χ4v) is 3.36. The smallest absolute Gasteiger partial charge is 0.334 e. The summed E-state index contributed by atoms with van der Waals surface area (Å²) in [6.45, 7) is 7.86. The van der Waals surface area contributed by atoms with E-state index in [2.05, 4.69) is 13.5 Å². The quantitative estimate of drug-likeness (QED) is 0.485. The van der Waals surface area contributed by atoms with Gasteiger partial charge in [-0.15, -0.1) is 0 Å². The normalized spacial score (nSPS) is 38.7. The van der Waals surface area contributed by atoms with Gasteiger partial charge in [0.05, 0.1) is 0 Å². The van der Waals surface area contributed by atoms with E-state index < -0.39 is 0 Å². The molecule has 3 unspecified atom stereocenters. The first-order chi connectivity index (χ1) is 8.42. The van der Waals surface area contributed by atoms with Crippen LogP contribution in [0.1, 0.15) is 26.7 Å². The molecule has 3 aliphatic rings. The summed E-state index contributed by atoms with van der Waals surface area (Å²) in [6.07, 6.45) is 4.93. The van der Waals surface area contributed by atoms with Gasteiger partial charge in [-0.25, -0.2) is 4.79 Å². The van der Waals surface area contributed by atoms with E-state index >= 15 is 0 Å². The molecule has 0 amide bonds. The van der Waals surface area contributed by atoms with Gasteiger partial charge in [0, 0.05) is 5.57 Å². The van der Waals surface area contributed by atoms with Gasteiger partial charge in [-0.1, -0.05) is 19.6 Å². The zero-order valence-corrected chi connectivity index (χ0v) is 10.7. The van der Waals surface area contributed by atoms with Crippen molar-refractivity contribution in [2.24, 2.45) is 11.3 Å². The summed E-state index contributed by atoms with van der Waals surface area (Å²) < 4.78 is 5.39. The molecule has 1 heterocycles. The summed E-state index contributed by atoms with van der Waals surface area (Å²) in [5.41, 5.74) is 2.33. The monoisotopic (exact) mass is 244 g/mol. The maximum atomic E-state index is 11.7. The Bertz CT molecular complexity index is 538. The fourth-order valence-electron chi connectivity index (χ4n) is 3.36. The fraction of sp³-hybridized carbons (Fsp3) is 0.467. The van der Waals surface area contributed by atoms with E-state index in [0.29, 0.717) is 12.0 Å². The minimum atomic E-state index is -0.210. The van der Waals surface area contributed by atoms with E-state index in [1.807, 2.05) is 13.0 Å². The second-order valence-corrected chi connectivity index (χ2v) is 5.73. The molecule has 1 saturated carbocycles. The van der Waals surface area contributed by atoms with Crippen molar-refractivity contribution in [1.29, 1.82) is 0 Å². The number of rotatable bonds is 0. The van der Waals surface area contributed by atoms with Crippen molar-refractivity contribution < 1.29 is 14.3 Å². The zero-order chi connectivity index (χ0) is 13.1. The largest absolute Gasteiger partial charge is 0.454 e. The van der Waals surface area contributed by atoms with Crippen LogP contribution in [0, 0.1) is 11.3 Å². The van der Waals surface area contributed by atoms with Crippen molar-refractivity contribution in [3.05, 3.63) is 35.5 Å². The lowest BCUT2D eigenvalue weighted by atomic mass is 9.60. The first-order valence-corrected chi connectivity index (χ1v) is 6.25. The first-order valence-electron chi connectivity index (χ1n) is 6.25. The van der Waals surface area contributed by atoms with Crippen LogP contribution in [0.3, 0.4) is 0 Å². The van der Waals surface area contributed by atoms with Crippen LogP contribution < -0.4 is 0 Å². The van der Waals surface area contributed by atoms with E-state index in [4.69, 9.17) is 4.74 Å². The van der Waals surface area contributed by atoms with Crippen molar-refractivity contribution in [3.8, 4) is 0 Å². The van der Waals surface area contributed by atoms with Gasteiger partial charge in [0.1, 0.15) is 6.10 Å². The molecule has 3 nitrogen and oxygen atoms in total. The topological polar surface area (TPSA) is 43.4 Å². The average molecular weight is 244 g/mol. The standard InChI is InChI=1S/C15H16O3/c1-8-10-6-11-9(2)12(16)4-5-15(11,3)7-13(10)18-14(8)17/h4-5,11,13H,2,6-7H2,1,3H3. The van der Waals surface area contributed by atoms with Crippen molar-refractivity contribution in [2.45, 2.75) is 32.8 Å². The summed E-state index contributed by atoms with van der Waals surface area (Å²) in [7, 11) is 0. The number of carbonyl (C=O) groups excluding carboxylic acids is 2. The van der Waals surface area contributed by atoms with Gasteiger partial charge in [0.2, 0.25) is 0 Å². The van der Waals surface area contributed by atoms with Gasteiger partial charge in [0.15, 0.2) is 5.78 Å². The van der Waals surface area contributed by atoms with E-state index in [9.17, 15) is 9.59 Å². The van der Waals surface area contributed by atoms with Crippen LogP contribution in [0.2, 0.25) is 0 Å². The van der Waals surface area contributed by atoms with Crippen LogP contribution in [0.15, 0.2) is 35.5 Å². The Kier molecular flexibility index (Phi) is 2.19. The maximum absolute atomic E-state index is 11.7. The van der Waals surface area contributed by atoms with Gasteiger partial charge in [-0.2, -0.15) is 0 Å². The van der Waals surface area contributed by atoms with E-state index in [0.717, 1.165) is 17.6 Å². The second kappa shape index (κ2) is 3.44. The van der Waals surface area contributed by atoms with Gasteiger partial charge in [0.25, 0.3) is 0 Å². The third kappa shape index (κ3) is 1.36. The molecule has 0 saturated heterocycles. The van der Waals surface area contributed by atoms with Crippen LogP contribution in [0.25, 0.3) is 0 Å². The SMILES string of the molecule is C=C1C(=O)C=CC2(C)CC3OC(=O)C(C)=C3CC12. The maximum Gasteiger partial charge on any atom is 0.334 e. The second-order valence-electron chi connectivity index (χ2n) is 5.73. The number of carbonyl (C=O) groups is 2. The highest BCUT2D eigenvalue weighted by Crippen LogP contribution is 2.52. The van der Waals surface area contributed by atoms with Crippen molar-refractivity contribution in [2.75, 3.05) is 0 Å². The zero-order valence-electron chi connectivity index (χ0n) is 10.7. The molecule has 1 fully saturated rings. The summed E-state index contributed by atoms with van der Waals surface area (Å²) >= 11 is 0. The molecule has 0 N–H and O–H groups in total. The van der Waals surface area contributed by atoms with Crippen LogP contribution >= 0.6 is 0 Å². The molecule has 0 bridgehead atoms. The number of ether oxygens (including phenoxy) is 1. The predicted molar refractivity (Wildman–Crippen MR) is 66.7 cm³/mol. The third-order valence-electron chi connectivity index (χ3n) is 4.62. The Labute approximate surface area is 106 Å². The summed E-state index contributed by atoms with van der Waals surface area (Å²) in [5, 5.41) is 0. The Morgan fingerprint density at radius 3 is 2.89 bits per heavy atom. The first kappa shape index (κ1) is 11.5. The molecule has 1 aliphatic heterocycles. The number of ketones is 1. The van der Waals surface area contributed by atoms with Gasteiger partial charge in [-0.3, -0.25) is 4.79 Å². The van der Waals surface area contributed by atoms with Crippen molar-refractivity contribution in [1.82, 2.24) is 0 Å². The molecular weight excluding hydrogens is 228 g/mol. The lowest BCUT2D eigenvalue weighted by Gasteiger charge is -2.44. The summed E-state index contributed by atoms with van der Waals surface area (Å²) in [6, 6.07) is 0. The molecule has 3 rings (SSSR count). The number of esters is 1. The Hall–Kier alpha value is -1.64. The number of hydrogen-bond acceptors (Lipinski definition) is 3. The molecule has 0 spiro atoms. The minimum absolute atomic E-state index is 0.0134. The summed E-state index contributed by atoms with van der Waals surface area (Å²) in [4.78, 5) is 23.3. The third-order valence-corrected chi connectivity index (χ3v) is 4.62. The Morgan fingerprint density at radius 1 is 1.44 bits per heavy atom. The number of hydrogen-bond donors (Lipinski definition) is 0. The predicted octanol–water partition coefficient (Wildman–Crippen LogP) is 2.34. The van der Waals surface area contributed by atoms with E-state index in [1.165, 1.54) is 0 Å². The Balaban J connectivity index is 2.04. The Morgan fingerprint density at radius 2 is 2.17 bits per heavy atom. The average Bonchev–Trinajstić information content (AvgIpc) is 2.58. The number of fused-ring (bicyclic) bond motifs is 2. The van der Waals surface area contributed by atoms with Gasteiger partial charge in [-0.05, 0) is 48.3 Å². The lowest BCUT2D eigenvalue weighted by molar-refractivity contribution is -0.141.